The molecule has 2 atom stereocenters. The molecule has 0 unspecified atom stereocenters. The maximum absolute atomic E-state index is 13.0. The Labute approximate surface area is 183 Å². The Balaban J connectivity index is 1.46. The average molecular weight is 470 g/mol. The van der Waals surface area contributed by atoms with E-state index in [2.05, 4.69) is 10.0 Å². The molecule has 1 amide bonds. The second-order valence-corrected chi connectivity index (χ2v) is 9.46. The van der Waals surface area contributed by atoms with Crippen molar-refractivity contribution in [3.63, 3.8) is 0 Å². The third kappa shape index (κ3) is 4.93. The average Bonchev–Trinajstić information content (AvgIpc) is 3.21. The Morgan fingerprint density at radius 1 is 1.03 bits per heavy atom. The highest BCUT2D eigenvalue weighted by Gasteiger charge is 2.42. The number of alkyl halides is 3. The Bertz CT molecular complexity index is 1120. The van der Waals surface area contributed by atoms with Crippen molar-refractivity contribution >= 4 is 21.6 Å². The summed E-state index contributed by atoms with van der Waals surface area (Å²) in [7, 11) is -4.02. The van der Waals surface area contributed by atoms with Crippen LogP contribution in [0.15, 0.2) is 47.4 Å². The summed E-state index contributed by atoms with van der Waals surface area (Å²) in [6.07, 6.45) is -3.61. The molecule has 0 radical (unpaired) electrons. The number of nitrogens with one attached hydrogen (secondary N) is 2. The molecule has 172 valence electrons. The molecule has 0 saturated heterocycles. The van der Waals surface area contributed by atoms with Gasteiger partial charge >= 0.3 is 6.18 Å². The Kier molecular flexibility index (Phi) is 5.93. The van der Waals surface area contributed by atoms with E-state index in [0.29, 0.717) is 24.3 Å². The number of carbonyl (C=O) groups is 1. The number of sulfonamides is 1. The summed E-state index contributed by atoms with van der Waals surface area (Å²) in [4.78, 5) is 12.4. The number of halogens is 3. The summed E-state index contributed by atoms with van der Waals surface area (Å²) in [5.74, 6) is -1.15. The first-order chi connectivity index (χ1) is 15.1. The molecule has 1 aliphatic heterocycles. The minimum Gasteiger partial charge on any atom is -0.454 e. The fourth-order valence-corrected chi connectivity index (χ4v) is 4.96. The third-order valence-corrected chi connectivity index (χ3v) is 6.88. The number of anilines is 1. The predicted octanol–water partition coefficient (Wildman–Crippen LogP) is 4.07. The molecule has 1 fully saturated rings. The first-order valence-corrected chi connectivity index (χ1v) is 11.5. The number of carbonyl (C=O) groups excluding carboxylic acids is 1. The second-order valence-electron chi connectivity index (χ2n) is 7.78. The molecule has 32 heavy (non-hydrogen) atoms. The van der Waals surface area contributed by atoms with Gasteiger partial charge in [0.2, 0.25) is 6.79 Å². The van der Waals surface area contributed by atoms with Gasteiger partial charge in [-0.15, -0.1) is 0 Å². The SMILES string of the molecule is O=C(N[C@H]1CCC[C@@H](C(F)(F)F)C1)c1cccc(S(=O)(=O)Nc2ccc3c(c2)OCO3)c1. The highest BCUT2D eigenvalue weighted by Crippen LogP contribution is 2.38. The van der Waals surface area contributed by atoms with Gasteiger partial charge in [0.05, 0.1) is 16.5 Å². The molecule has 0 aromatic heterocycles. The maximum Gasteiger partial charge on any atom is 0.391 e. The molecule has 11 heteroatoms. The zero-order valence-corrected chi connectivity index (χ0v) is 17.6. The topological polar surface area (TPSA) is 93.7 Å². The van der Waals surface area contributed by atoms with Gasteiger partial charge in [0.1, 0.15) is 0 Å². The van der Waals surface area contributed by atoms with Gasteiger partial charge in [0.25, 0.3) is 15.9 Å². The summed E-state index contributed by atoms with van der Waals surface area (Å²) >= 11 is 0. The summed E-state index contributed by atoms with van der Waals surface area (Å²) in [6.45, 7) is 0.0490. The van der Waals surface area contributed by atoms with Gasteiger partial charge in [-0.05, 0) is 49.6 Å². The van der Waals surface area contributed by atoms with Crippen molar-refractivity contribution in [2.45, 2.75) is 42.8 Å². The normalized spacial score (nSPS) is 20.6. The largest absolute Gasteiger partial charge is 0.454 e. The number of hydrogen-bond acceptors (Lipinski definition) is 5. The van der Waals surface area contributed by atoms with Gasteiger partial charge in [-0.1, -0.05) is 12.5 Å². The van der Waals surface area contributed by atoms with Crippen molar-refractivity contribution in [3.8, 4) is 11.5 Å². The second kappa shape index (κ2) is 8.53. The van der Waals surface area contributed by atoms with Crippen LogP contribution in [-0.2, 0) is 10.0 Å². The van der Waals surface area contributed by atoms with E-state index < -0.39 is 34.1 Å². The third-order valence-electron chi connectivity index (χ3n) is 5.50. The summed E-state index contributed by atoms with van der Waals surface area (Å²) in [6, 6.07) is 9.29. The fraction of sp³-hybridized carbons (Fsp3) is 0.381. The predicted molar refractivity (Wildman–Crippen MR) is 109 cm³/mol. The highest BCUT2D eigenvalue weighted by atomic mass is 32.2. The number of ether oxygens (including phenoxy) is 2. The smallest absolute Gasteiger partial charge is 0.391 e. The van der Waals surface area contributed by atoms with Gasteiger partial charge in [-0.3, -0.25) is 9.52 Å². The molecule has 2 N–H and O–H groups in total. The van der Waals surface area contributed by atoms with Crippen LogP contribution in [-0.4, -0.2) is 33.3 Å². The molecule has 7 nitrogen and oxygen atoms in total. The van der Waals surface area contributed by atoms with Crippen molar-refractivity contribution in [2.24, 2.45) is 5.92 Å². The van der Waals surface area contributed by atoms with Crippen molar-refractivity contribution in [2.75, 3.05) is 11.5 Å². The Hall–Kier alpha value is -2.95. The molecule has 1 saturated carbocycles. The van der Waals surface area contributed by atoms with E-state index in [4.69, 9.17) is 9.47 Å². The van der Waals surface area contributed by atoms with E-state index in [0.717, 1.165) is 0 Å². The number of rotatable bonds is 5. The van der Waals surface area contributed by atoms with Crippen LogP contribution >= 0.6 is 0 Å². The number of fused-ring (bicyclic) bond motifs is 1. The quantitative estimate of drug-likeness (QED) is 0.687. The summed E-state index contributed by atoms with van der Waals surface area (Å²) in [5, 5.41) is 2.61. The van der Waals surface area contributed by atoms with Crippen LogP contribution in [0.5, 0.6) is 11.5 Å². The number of amides is 1. The molecular formula is C21H21F3N2O5S. The summed E-state index contributed by atoms with van der Waals surface area (Å²) in [5.41, 5.74) is 0.303. The highest BCUT2D eigenvalue weighted by molar-refractivity contribution is 7.92. The summed E-state index contributed by atoms with van der Waals surface area (Å²) < 4.78 is 77.4. The first-order valence-electron chi connectivity index (χ1n) is 10.0. The minimum atomic E-state index is -4.29. The first kappa shape index (κ1) is 22.3. The molecule has 1 heterocycles. The molecule has 4 rings (SSSR count). The molecule has 1 aliphatic carbocycles. The van der Waals surface area contributed by atoms with Crippen molar-refractivity contribution in [1.29, 1.82) is 0 Å². The van der Waals surface area contributed by atoms with Crippen molar-refractivity contribution in [1.82, 2.24) is 5.32 Å². The van der Waals surface area contributed by atoms with E-state index in [9.17, 15) is 26.4 Å². The number of benzene rings is 2. The minimum absolute atomic E-state index is 0.0488. The van der Waals surface area contributed by atoms with Crippen LogP contribution in [0.2, 0.25) is 0 Å². The van der Waals surface area contributed by atoms with E-state index in [-0.39, 0.29) is 35.8 Å². The lowest BCUT2D eigenvalue weighted by atomic mass is 9.85. The monoisotopic (exact) mass is 470 g/mol. The molecule has 2 aliphatic rings. The number of hydrogen-bond donors (Lipinski definition) is 2. The molecule has 2 aromatic carbocycles. The van der Waals surface area contributed by atoms with Crippen LogP contribution < -0.4 is 19.5 Å². The van der Waals surface area contributed by atoms with Crippen LogP contribution in [0.1, 0.15) is 36.0 Å². The van der Waals surface area contributed by atoms with Gasteiger partial charge in [0, 0.05) is 17.7 Å². The zero-order valence-electron chi connectivity index (χ0n) is 16.8. The van der Waals surface area contributed by atoms with Gasteiger partial charge in [-0.2, -0.15) is 13.2 Å². The molecular weight excluding hydrogens is 449 g/mol. The van der Waals surface area contributed by atoms with E-state index in [1.54, 1.807) is 6.07 Å². The van der Waals surface area contributed by atoms with Crippen molar-refractivity contribution in [3.05, 3.63) is 48.0 Å². The maximum atomic E-state index is 13.0. The van der Waals surface area contributed by atoms with Crippen LogP contribution in [0.3, 0.4) is 0 Å². The Morgan fingerprint density at radius 2 is 1.81 bits per heavy atom. The van der Waals surface area contributed by atoms with Crippen LogP contribution in [0.25, 0.3) is 0 Å². The lowest BCUT2D eigenvalue weighted by Crippen LogP contribution is -2.41. The van der Waals surface area contributed by atoms with Crippen LogP contribution in [0.4, 0.5) is 18.9 Å². The van der Waals surface area contributed by atoms with Gasteiger partial charge in [-0.25, -0.2) is 8.42 Å². The zero-order chi connectivity index (χ0) is 22.9. The molecule has 0 spiro atoms. The lowest BCUT2D eigenvalue weighted by Gasteiger charge is -2.31. The fourth-order valence-electron chi connectivity index (χ4n) is 3.87. The standard InChI is InChI=1S/C21H21F3N2O5S/c22-21(23,24)14-4-2-5-15(10-14)25-20(27)13-3-1-6-17(9-13)32(28,29)26-16-7-8-18-19(11-16)31-12-30-18/h1,3,6-9,11,14-15,26H,2,4-5,10,12H2,(H,25,27)/t14-,15+/m1/s1. The molecule has 0 bridgehead atoms. The Morgan fingerprint density at radius 3 is 2.59 bits per heavy atom. The van der Waals surface area contributed by atoms with Crippen molar-refractivity contribution < 1.29 is 35.9 Å². The van der Waals surface area contributed by atoms with Crippen LogP contribution in [0, 0.1) is 5.92 Å². The molecule has 2 aromatic rings. The van der Waals surface area contributed by atoms with E-state index >= 15 is 0 Å². The lowest BCUT2D eigenvalue weighted by molar-refractivity contribution is -0.183. The van der Waals surface area contributed by atoms with Gasteiger partial charge in [0.15, 0.2) is 11.5 Å². The van der Waals surface area contributed by atoms with E-state index in [1.807, 2.05) is 0 Å². The van der Waals surface area contributed by atoms with Gasteiger partial charge < -0.3 is 14.8 Å². The van der Waals surface area contributed by atoms with E-state index in [1.165, 1.54) is 36.4 Å².